The predicted octanol–water partition coefficient (Wildman–Crippen LogP) is 2.77. The molecule has 0 N–H and O–H groups in total. The molecule has 1 aliphatic carbocycles. The molecule has 6 heteroatoms. The van der Waals surface area contributed by atoms with Crippen LogP contribution in [0.25, 0.3) is 0 Å². The second-order valence-corrected chi connectivity index (χ2v) is 7.35. The molecule has 2 aliphatic rings. The fourth-order valence-corrected chi connectivity index (χ4v) is 4.64. The third-order valence-electron chi connectivity index (χ3n) is 5.31. The van der Waals surface area contributed by atoms with Crippen LogP contribution in [0.3, 0.4) is 0 Å². The summed E-state index contributed by atoms with van der Waals surface area (Å²) in [5, 5.41) is 10.4. The number of thiophene rings is 1. The first-order chi connectivity index (χ1) is 10.7. The summed E-state index contributed by atoms with van der Waals surface area (Å²) in [6.45, 7) is 4.64. The fraction of sp³-hybridized carbons (Fsp3) is 0.562. The number of carbonyl (C=O) groups is 1. The molecule has 2 aromatic rings. The zero-order chi connectivity index (χ0) is 15.2. The zero-order valence-corrected chi connectivity index (χ0v) is 13.6. The zero-order valence-electron chi connectivity index (χ0n) is 12.7. The van der Waals surface area contributed by atoms with Crippen molar-refractivity contribution < 1.29 is 4.79 Å². The molecule has 116 valence electrons. The summed E-state index contributed by atoms with van der Waals surface area (Å²) in [6, 6.07) is 3.86. The Morgan fingerprint density at radius 3 is 3.00 bits per heavy atom. The first kappa shape index (κ1) is 13.9. The first-order valence-electron chi connectivity index (χ1n) is 7.94. The van der Waals surface area contributed by atoms with Crippen LogP contribution in [0.4, 0.5) is 0 Å². The van der Waals surface area contributed by atoms with Crippen molar-refractivity contribution in [2.24, 2.45) is 5.41 Å². The van der Waals surface area contributed by atoms with E-state index in [1.54, 1.807) is 0 Å². The number of hydrogen-bond donors (Lipinski definition) is 0. The molecular formula is C16H20N4OS. The number of carbonyl (C=O) groups excluding carboxylic acids is 1. The van der Waals surface area contributed by atoms with Gasteiger partial charge in [-0.05, 0) is 36.6 Å². The van der Waals surface area contributed by atoms with Gasteiger partial charge in [0.1, 0.15) is 12.2 Å². The second-order valence-electron chi connectivity index (χ2n) is 6.41. The standard InChI is InChI=1S/C16H20N4OS/c1-2-19-11-17-18-14(19)12-9-20(10-16(12)6-4-7-16)15(21)13-5-3-8-22-13/h3,5,8,11-12H,2,4,6-7,9-10H2,1H3. The molecule has 0 aromatic carbocycles. The van der Waals surface area contributed by atoms with Gasteiger partial charge in [0.05, 0.1) is 4.88 Å². The van der Waals surface area contributed by atoms with Crippen molar-refractivity contribution >= 4 is 17.2 Å². The highest BCUT2D eigenvalue weighted by molar-refractivity contribution is 7.12. The molecule has 5 nitrogen and oxygen atoms in total. The van der Waals surface area contributed by atoms with E-state index in [0.717, 1.165) is 30.3 Å². The van der Waals surface area contributed by atoms with E-state index in [2.05, 4.69) is 21.7 Å². The highest BCUT2D eigenvalue weighted by Crippen LogP contribution is 2.55. The summed E-state index contributed by atoms with van der Waals surface area (Å²) >= 11 is 1.53. The topological polar surface area (TPSA) is 51.0 Å². The third-order valence-corrected chi connectivity index (χ3v) is 6.17. The Morgan fingerprint density at radius 1 is 1.50 bits per heavy atom. The quantitative estimate of drug-likeness (QED) is 0.875. The molecule has 1 unspecified atom stereocenters. The summed E-state index contributed by atoms with van der Waals surface area (Å²) in [6.07, 6.45) is 5.47. The van der Waals surface area contributed by atoms with Crippen LogP contribution in [0, 0.1) is 5.41 Å². The molecule has 2 fully saturated rings. The van der Waals surface area contributed by atoms with Gasteiger partial charge >= 0.3 is 0 Å². The molecular weight excluding hydrogens is 296 g/mol. The van der Waals surface area contributed by atoms with Crippen molar-refractivity contribution in [1.29, 1.82) is 0 Å². The van der Waals surface area contributed by atoms with E-state index in [0.29, 0.717) is 5.92 Å². The van der Waals surface area contributed by atoms with Gasteiger partial charge in [0.25, 0.3) is 5.91 Å². The van der Waals surface area contributed by atoms with Crippen molar-refractivity contribution in [2.45, 2.75) is 38.6 Å². The number of rotatable bonds is 3. The summed E-state index contributed by atoms with van der Waals surface area (Å²) in [7, 11) is 0. The van der Waals surface area contributed by atoms with Crippen molar-refractivity contribution in [2.75, 3.05) is 13.1 Å². The van der Waals surface area contributed by atoms with Crippen molar-refractivity contribution in [3.8, 4) is 0 Å². The largest absolute Gasteiger partial charge is 0.337 e. The van der Waals surface area contributed by atoms with Gasteiger partial charge in [0, 0.05) is 25.6 Å². The molecule has 1 saturated heterocycles. The van der Waals surface area contributed by atoms with Gasteiger partial charge < -0.3 is 9.47 Å². The van der Waals surface area contributed by atoms with Crippen molar-refractivity contribution in [3.05, 3.63) is 34.5 Å². The van der Waals surface area contributed by atoms with E-state index in [4.69, 9.17) is 0 Å². The number of aromatic nitrogens is 3. The van der Waals surface area contributed by atoms with E-state index in [9.17, 15) is 4.79 Å². The predicted molar refractivity (Wildman–Crippen MR) is 84.9 cm³/mol. The monoisotopic (exact) mass is 316 g/mol. The molecule has 1 amide bonds. The Morgan fingerprint density at radius 2 is 2.36 bits per heavy atom. The van der Waals surface area contributed by atoms with E-state index < -0.39 is 0 Å². The average Bonchev–Trinajstić information content (AvgIpc) is 3.22. The van der Waals surface area contributed by atoms with E-state index in [-0.39, 0.29) is 11.3 Å². The van der Waals surface area contributed by atoms with Crippen LogP contribution in [-0.4, -0.2) is 38.7 Å². The molecule has 3 heterocycles. The van der Waals surface area contributed by atoms with Gasteiger partial charge in [-0.15, -0.1) is 21.5 Å². The van der Waals surface area contributed by atoms with Gasteiger partial charge in [-0.1, -0.05) is 12.5 Å². The Balaban J connectivity index is 1.63. The van der Waals surface area contributed by atoms with E-state index >= 15 is 0 Å². The summed E-state index contributed by atoms with van der Waals surface area (Å²) in [5.41, 5.74) is 0.229. The second kappa shape index (κ2) is 5.19. The summed E-state index contributed by atoms with van der Waals surface area (Å²) < 4.78 is 2.13. The molecule has 1 spiro atoms. The SMILES string of the molecule is CCn1cnnc1C1CN(C(=O)c2cccs2)CC12CCC2. The third kappa shape index (κ3) is 2.00. The lowest BCUT2D eigenvalue weighted by Gasteiger charge is -2.42. The van der Waals surface area contributed by atoms with Crippen LogP contribution in [0.5, 0.6) is 0 Å². The van der Waals surface area contributed by atoms with Crippen LogP contribution in [0.1, 0.15) is 47.6 Å². The summed E-state index contributed by atoms with van der Waals surface area (Å²) in [4.78, 5) is 15.6. The molecule has 1 saturated carbocycles. The minimum absolute atomic E-state index is 0.173. The van der Waals surface area contributed by atoms with Gasteiger partial charge in [-0.3, -0.25) is 4.79 Å². The minimum atomic E-state index is 0.173. The van der Waals surface area contributed by atoms with Crippen LogP contribution in [0.15, 0.2) is 23.8 Å². The lowest BCUT2D eigenvalue weighted by atomic mass is 9.62. The molecule has 0 bridgehead atoms. The lowest BCUT2D eigenvalue weighted by Crippen LogP contribution is -2.38. The number of likely N-dealkylation sites (tertiary alicyclic amines) is 1. The van der Waals surface area contributed by atoms with Crippen LogP contribution in [0.2, 0.25) is 0 Å². The molecule has 4 rings (SSSR count). The molecule has 1 aliphatic heterocycles. The Labute approximate surface area is 134 Å². The van der Waals surface area contributed by atoms with Crippen LogP contribution < -0.4 is 0 Å². The summed E-state index contributed by atoms with van der Waals surface area (Å²) in [5.74, 6) is 1.56. The van der Waals surface area contributed by atoms with Gasteiger partial charge in [0.15, 0.2) is 0 Å². The maximum absolute atomic E-state index is 12.7. The highest BCUT2D eigenvalue weighted by atomic mass is 32.1. The number of hydrogen-bond acceptors (Lipinski definition) is 4. The maximum Gasteiger partial charge on any atom is 0.263 e. The van der Waals surface area contributed by atoms with Crippen LogP contribution in [-0.2, 0) is 6.54 Å². The molecule has 1 atom stereocenters. The first-order valence-corrected chi connectivity index (χ1v) is 8.82. The fourth-order valence-electron chi connectivity index (χ4n) is 3.95. The Hall–Kier alpha value is -1.69. The van der Waals surface area contributed by atoms with Gasteiger partial charge in [0.2, 0.25) is 0 Å². The average molecular weight is 316 g/mol. The van der Waals surface area contributed by atoms with Crippen molar-refractivity contribution in [3.63, 3.8) is 0 Å². The highest BCUT2D eigenvalue weighted by Gasteiger charge is 2.53. The van der Waals surface area contributed by atoms with Crippen LogP contribution >= 0.6 is 11.3 Å². The normalized spacial score (nSPS) is 23.0. The van der Waals surface area contributed by atoms with Gasteiger partial charge in [-0.25, -0.2) is 0 Å². The Kier molecular flexibility index (Phi) is 3.29. The number of amides is 1. The van der Waals surface area contributed by atoms with E-state index in [1.165, 1.54) is 30.6 Å². The van der Waals surface area contributed by atoms with E-state index in [1.807, 2.05) is 28.7 Å². The molecule has 22 heavy (non-hydrogen) atoms. The van der Waals surface area contributed by atoms with Crippen molar-refractivity contribution in [1.82, 2.24) is 19.7 Å². The lowest BCUT2D eigenvalue weighted by molar-refractivity contribution is 0.0727. The smallest absolute Gasteiger partial charge is 0.263 e. The van der Waals surface area contributed by atoms with Gasteiger partial charge in [-0.2, -0.15) is 0 Å². The Bertz CT molecular complexity index is 674. The number of aryl methyl sites for hydroxylation is 1. The molecule has 2 aromatic heterocycles. The number of nitrogens with zero attached hydrogens (tertiary/aromatic N) is 4. The maximum atomic E-state index is 12.7. The minimum Gasteiger partial charge on any atom is -0.337 e. The molecule has 0 radical (unpaired) electrons.